The van der Waals surface area contributed by atoms with Crippen molar-refractivity contribution in [2.24, 2.45) is 0 Å². The second-order valence-electron chi connectivity index (χ2n) is 4.99. The Morgan fingerprint density at radius 1 is 1.00 bits per heavy atom. The summed E-state index contributed by atoms with van der Waals surface area (Å²) in [6.45, 7) is 6.07. The Morgan fingerprint density at radius 3 is 2.43 bits per heavy atom. The predicted octanol–water partition coefficient (Wildman–Crippen LogP) is 2.22. The summed E-state index contributed by atoms with van der Waals surface area (Å²) in [7, 11) is 0. The molecule has 1 N–H and O–H groups in total. The molecule has 1 aromatic heterocycles. The van der Waals surface area contributed by atoms with Gasteiger partial charge in [0.2, 0.25) is 5.88 Å². The van der Waals surface area contributed by atoms with E-state index in [1.54, 1.807) is 6.07 Å². The van der Waals surface area contributed by atoms with Gasteiger partial charge in [0.05, 0.1) is 5.69 Å². The molecule has 0 unspecified atom stereocenters. The Kier molecular flexibility index (Phi) is 5.11. The van der Waals surface area contributed by atoms with Crippen LogP contribution in [-0.4, -0.2) is 34.6 Å². The smallest absolute Gasteiger partial charge is 0.233 e. The van der Waals surface area contributed by atoms with Gasteiger partial charge in [0.25, 0.3) is 0 Å². The van der Waals surface area contributed by atoms with Gasteiger partial charge in [-0.25, -0.2) is 0 Å². The molecule has 1 aromatic carbocycles. The van der Waals surface area contributed by atoms with Gasteiger partial charge in [0.1, 0.15) is 25.1 Å². The minimum absolute atomic E-state index is 0.114. The van der Waals surface area contributed by atoms with Crippen LogP contribution in [0.3, 0.4) is 0 Å². The summed E-state index contributed by atoms with van der Waals surface area (Å²) in [5.41, 5.74) is 2.90. The van der Waals surface area contributed by atoms with E-state index in [0.717, 1.165) is 22.6 Å². The standard InChI is InChI=1S/C16H20N2O3/c1-11-6-4-5-7-15(11)20-9-14(19)10-21-16-8-12(2)13(3)17-18-16/h4-8,14,19H,9-10H2,1-3H3/t14-/m0/s1. The molecule has 0 aliphatic rings. The fraction of sp³-hybridized carbons (Fsp3) is 0.375. The van der Waals surface area contributed by atoms with E-state index in [-0.39, 0.29) is 13.2 Å². The molecule has 0 radical (unpaired) electrons. The van der Waals surface area contributed by atoms with Gasteiger partial charge in [0, 0.05) is 6.07 Å². The molecular weight excluding hydrogens is 268 g/mol. The van der Waals surface area contributed by atoms with E-state index < -0.39 is 6.10 Å². The first-order valence-corrected chi connectivity index (χ1v) is 6.86. The maximum atomic E-state index is 9.89. The number of aromatic nitrogens is 2. The molecule has 1 heterocycles. The van der Waals surface area contributed by atoms with Crippen molar-refractivity contribution < 1.29 is 14.6 Å². The Morgan fingerprint density at radius 2 is 1.71 bits per heavy atom. The van der Waals surface area contributed by atoms with E-state index in [1.165, 1.54) is 0 Å². The summed E-state index contributed by atoms with van der Waals surface area (Å²) < 4.78 is 11.0. The average molecular weight is 288 g/mol. The fourth-order valence-electron chi connectivity index (χ4n) is 1.73. The molecule has 21 heavy (non-hydrogen) atoms. The van der Waals surface area contributed by atoms with Crippen molar-refractivity contribution in [3.05, 3.63) is 47.2 Å². The van der Waals surface area contributed by atoms with Crippen LogP contribution in [0.1, 0.15) is 16.8 Å². The maximum absolute atomic E-state index is 9.89. The van der Waals surface area contributed by atoms with Crippen LogP contribution in [0, 0.1) is 20.8 Å². The molecule has 0 aliphatic carbocycles. The van der Waals surface area contributed by atoms with E-state index >= 15 is 0 Å². The number of aliphatic hydroxyl groups excluding tert-OH is 1. The van der Waals surface area contributed by atoms with Gasteiger partial charge >= 0.3 is 0 Å². The molecule has 2 rings (SSSR count). The summed E-state index contributed by atoms with van der Waals surface area (Å²) in [5, 5.41) is 17.8. The molecule has 0 aliphatic heterocycles. The Hall–Kier alpha value is -2.14. The highest BCUT2D eigenvalue weighted by Gasteiger charge is 2.09. The Bertz CT molecular complexity index is 602. The molecule has 0 bridgehead atoms. The number of aryl methyl sites for hydroxylation is 3. The zero-order valence-electron chi connectivity index (χ0n) is 12.5. The Labute approximate surface area is 124 Å². The third kappa shape index (κ3) is 4.43. The lowest BCUT2D eigenvalue weighted by Crippen LogP contribution is -2.25. The van der Waals surface area contributed by atoms with Crippen molar-refractivity contribution in [1.82, 2.24) is 10.2 Å². The molecule has 1 atom stereocenters. The minimum Gasteiger partial charge on any atom is -0.490 e. The number of aliphatic hydroxyl groups is 1. The first kappa shape index (κ1) is 15.3. The van der Waals surface area contributed by atoms with Crippen LogP contribution < -0.4 is 9.47 Å². The number of para-hydroxylation sites is 1. The van der Waals surface area contributed by atoms with Gasteiger partial charge in [-0.1, -0.05) is 18.2 Å². The topological polar surface area (TPSA) is 64.5 Å². The number of hydrogen-bond acceptors (Lipinski definition) is 5. The highest BCUT2D eigenvalue weighted by molar-refractivity contribution is 5.31. The van der Waals surface area contributed by atoms with Gasteiger partial charge in [-0.3, -0.25) is 0 Å². The highest BCUT2D eigenvalue weighted by atomic mass is 16.5. The van der Waals surface area contributed by atoms with Crippen LogP contribution in [0.4, 0.5) is 0 Å². The van der Waals surface area contributed by atoms with Crippen molar-refractivity contribution in [2.75, 3.05) is 13.2 Å². The molecule has 5 nitrogen and oxygen atoms in total. The van der Waals surface area contributed by atoms with E-state index in [9.17, 15) is 5.11 Å². The SMILES string of the molecule is Cc1ccccc1OC[C@H](O)COc1cc(C)c(C)nn1. The second kappa shape index (κ2) is 7.04. The number of rotatable bonds is 6. The van der Waals surface area contributed by atoms with Crippen LogP contribution in [-0.2, 0) is 0 Å². The maximum Gasteiger partial charge on any atom is 0.233 e. The zero-order chi connectivity index (χ0) is 15.2. The minimum atomic E-state index is -0.729. The third-order valence-electron chi connectivity index (χ3n) is 3.16. The second-order valence-corrected chi connectivity index (χ2v) is 4.99. The molecule has 0 saturated carbocycles. The van der Waals surface area contributed by atoms with E-state index in [0.29, 0.717) is 5.88 Å². The van der Waals surface area contributed by atoms with E-state index in [4.69, 9.17) is 9.47 Å². The Balaban J connectivity index is 1.81. The van der Waals surface area contributed by atoms with E-state index in [2.05, 4.69) is 10.2 Å². The third-order valence-corrected chi connectivity index (χ3v) is 3.16. The first-order valence-electron chi connectivity index (χ1n) is 6.86. The number of hydrogen-bond donors (Lipinski definition) is 1. The highest BCUT2D eigenvalue weighted by Crippen LogP contribution is 2.16. The lowest BCUT2D eigenvalue weighted by molar-refractivity contribution is 0.0604. The lowest BCUT2D eigenvalue weighted by atomic mass is 10.2. The zero-order valence-corrected chi connectivity index (χ0v) is 12.5. The van der Waals surface area contributed by atoms with Crippen molar-refractivity contribution in [3.8, 4) is 11.6 Å². The average Bonchev–Trinajstić information content (AvgIpc) is 2.47. The fourth-order valence-corrected chi connectivity index (χ4v) is 1.73. The normalized spacial score (nSPS) is 12.0. The number of benzene rings is 1. The molecule has 0 fully saturated rings. The number of nitrogens with zero attached hydrogens (tertiary/aromatic N) is 2. The van der Waals surface area contributed by atoms with Crippen LogP contribution in [0.15, 0.2) is 30.3 Å². The van der Waals surface area contributed by atoms with Gasteiger partial charge in [-0.05, 0) is 38.0 Å². The van der Waals surface area contributed by atoms with Gasteiger partial charge in [-0.15, -0.1) is 5.10 Å². The van der Waals surface area contributed by atoms with Crippen LogP contribution in [0.25, 0.3) is 0 Å². The lowest BCUT2D eigenvalue weighted by Gasteiger charge is -2.14. The summed E-state index contributed by atoms with van der Waals surface area (Å²) in [5.74, 6) is 1.18. The monoisotopic (exact) mass is 288 g/mol. The summed E-state index contributed by atoms with van der Waals surface area (Å²) in [4.78, 5) is 0. The van der Waals surface area contributed by atoms with Crippen molar-refractivity contribution in [1.29, 1.82) is 0 Å². The molecule has 0 amide bonds. The molecule has 0 spiro atoms. The first-order chi connectivity index (χ1) is 10.1. The largest absolute Gasteiger partial charge is 0.490 e. The van der Waals surface area contributed by atoms with Crippen molar-refractivity contribution in [3.63, 3.8) is 0 Å². The molecule has 5 heteroatoms. The van der Waals surface area contributed by atoms with Gasteiger partial charge < -0.3 is 14.6 Å². The summed E-state index contributed by atoms with van der Waals surface area (Å²) >= 11 is 0. The van der Waals surface area contributed by atoms with Crippen LogP contribution >= 0.6 is 0 Å². The summed E-state index contributed by atoms with van der Waals surface area (Å²) in [6.07, 6.45) is -0.729. The van der Waals surface area contributed by atoms with Gasteiger partial charge in [0.15, 0.2) is 0 Å². The molecule has 0 saturated heterocycles. The van der Waals surface area contributed by atoms with Crippen molar-refractivity contribution in [2.45, 2.75) is 26.9 Å². The predicted molar refractivity (Wildman–Crippen MR) is 79.7 cm³/mol. The van der Waals surface area contributed by atoms with Crippen LogP contribution in [0.5, 0.6) is 11.6 Å². The van der Waals surface area contributed by atoms with Crippen LogP contribution in [0.2, 0.25) is 0 Å². The molecular formula is C16H20N2O3. The summed E-state index contributed by atoms with van der Waals surface area (Å²) in [6, 6.07) is 9.48. The molecule has 112 valence electrons. The molecule has 2 aromatic rings. The van der Waals surface area contributed by atoms with E-state index in [1.807, 2.05) is 45.0 Å². The van der Waals surface area contributed by atoms with Crippen molar-refractivity contribution >= 4 is 0 Å². The van der Waals surface area contributed by atoms with Gasteiger partial charge in [-0.2, -0.15) is 5.10 Å². The quantitative estimate of drug-likeness (QED) is 0.883. The number of ether oxygens (including phenoxy) is 2.